The molecule has 0 aliphatic heterocycles. The van der Waals surface area contributed by atoms with Crippen molar-refractivity contribution in [3.05, 3.63) is 151 Å². The van der Waals surface area contributed by atoms with Gasteiger partial charge in [0.05, 0.1) is 22.1 Å². The Balaban J connectivity index is 1.32. The summed E-state index contributed by atoms with van der Waals surface area (Å²) in [5, 5.41) is 2.61. The predicted octanol–water partition coefficient (Wildman–Crippen LogP) is 10.1. The molecule has 0 unspecified atom stereocenters. The van der Waals surface area contributed by atoms with Gasteiger partial charge in [0.25, 0.3) is 0 Å². The molecule has 8 aromatic rings. The first-order chi connectivity index (χ1) is 21.1. The summed E-state index contributed by atoms with van der Waals surface area (Å²) >= 11 is 0. The van der Waals surface area contributed by atoms with Crippen molar-refractivity contribution < 1.29 is 0 Å². The number of hydrogen-bond acceptors (Lipinski definition) is 1. The van der Waals surface area contributed by atoms with Gasteiger partial charge in [-0.25, -0.2) is 4.98 Å². The van der Waals surface area contributed by atoms with E-state index in [1.807, 2.05) is 0 Å². The summed E-state index contributed by atoms with van der Waals surface area (Å²) in [6.45, 7) is 4.70. The van der Waals surface area contributed by atoms with E-state index in [4.69, 9.17) is 4.98 Å². The molecule has 0 radical (unpaired) electrons. The van der Waals surface area contributed by atoms with Crippen molar-refractivity contribution in [3.8, 4) is 33.9 Å². The maximum absolute atomic E-state index is 5.15. The fourth-order valence-electron chi connectivity index (χ4n) is 7.37. The van der Waals surface area contributed by atoms with Crippen LogP contribution in [0.3, 0.4) is 0 Å². The zero-order valence-electron chi connectivity index (χ0n) is 24.1. The maximum atomic E-state index is 5.15. The van der Waals surface area contributed by atoms with Gasteiger partial charge in [0.2, 0.25) is 0 Å². The number of nitrogens with zero attached hydrogens (tertiary/aromatic N) is 3. The second kappa shape index (κ2) is 8.80. The van der Waals surface area contributed by atoms with Crippen molar-refractivity contribution in [2.75, 3.05) is 0 Å². The number of imidazole rings is 1. The minimum atomic E-state index is -0.0419. The van der Waals surface area contributed by atoms with Crippen molar-refractivity contribution in [1.29, 1.82) is 0 Å². The Bertz CT molecular complexity index is 2370. The van der Waals surface area contributed by atoms with E-state index in [-0.39, 0.29) is 5.41 Å². The lowest BCUT2D eigenvalue weighted by atomic mass is 9.82. The first-order valence-corrected chi connectivity index (χ1v) is 14.9. The Hall–Kier alpha value is -5.41. The number of fused-ring (bicyclic) bond motifs is 8. The first-order valence-electron chi connectivity index (χ1n) is 14.9. The summed E-state index contributed by atoms with van der Waals surface area (Å²) in [6.07, 6.45) is 0. The molecule has 0 atom stereocenters. The largest absolute Gasteiger partial charge is 0.309 e. The molecule has 0 bridgehead atoms. The van der Waals surface area contributed by atoms with Gasteiger partial charge < -0.3 is 4.57 Å². The van der Waals surface area contributed by atoms with Crippen LogP contribution in [0.15, 0.2) is 140 Å². The van der Waals surface area contributed by atoms with Crippen LogP contribution in [0.2, 0.25) is 0 Å². The Morgan fingerprint density at radius 2 is 1.26 bits per heavy atom. The SMILES string of the molecule is CC1(C)c2ccccc2-c2c1ccc1c2c2ccccc2n1-c1cccc(-c2nc3ccccc3n2-c2ccccc2)c1. The van der Waals surface area contributed by atoms with Crippen LogP contribution in [0.25, 0.3) is 66.7 Å². The Kier molecular flexibility index (Phi) is 4.95. The molecule has 0 spiro atoms. The standard InChI is InChI=1S/C40H29N3/c1-40(2)31-19-8-6-17-29(31)37-32(40)23-24-36-38(37)30-18-7-10-21-34(30)42(36)28-16-12-13-26(25-28)39-41-33-20-9-11-22-35(33)43(39)27-14-4-3-5-15-27/h3-25H,1-2H3. The molecule has 2 aromatic heterocycles. The number of rotatable bonds is 3. The molecule has 0 fully saturated rings. The predicted molar refractivity (Wildman–Crippen MR) is 178 cm³/mol. The summed E-state index contributed by atoms with van der Waals surface area (Å²) in [5.74, 6) is 0.937. The maximum Gasteiger partial charge on any atom is 0.145 e. The quantitative estimate of drug-likeness (QED) is 0.214. The van der Waals surface area contributed by atoms with E-state index in [0.717, 1.165) is 33.8 Å². The molecule has 0 saturated carbocycles. The lowest BCUT2D eigenvalue weighted by Crippen LogP contribution is -2.14. The number of aromatic nitrogens is 3. The molecule has 3 nitrogen and oxygen atoms in total. The van der Waals surface area contributed by atoms with Crippen molar-refractivity contribution in [3.63, 3.8) is 0 Å². The molecular formula is C40H29N3. The molecule has 43 heavy (non-hydrogen) atoms. The van der Waals surface area contributed by atoms with Gasteiger partial charge in [-0.3, -0.25) is 4.57 Å². The molecule has 0 amide bonds. The van der Waals surface area contributed by atoms with E-state index in [9.17, 15) is 0 Å². The summed E-state index contributed by atoms with van der Waals surface area (Å²) in [7, 11) is 0. The lowest BCUT2D eigenvalue weighted by molar-refractivity contribution is 0.661. The zero-order valence-corrected chi connectivity index (χ0v) is 24.1. The van der Waals surface area contributed by atoms with Gasteiger partial charge in [-0.1, -0.05) is 105 Å². The highest BCUT2D eigenvalue weighted by atomic mass is 15.1. The van der Waals surface area contributed by atoms with E-state index in [1.165, 1.54) is 44.1 Å². The average Bonchev–Trinajstić information content (AvgIpc) is 3.68. The van der Waals surface area contributed by atoms with Crippen molar-refractivity contribution in [2.24, 2.45) is 0 Å². The smallest absolute Gasteiger partial charge is 0.145 e. The van der Waals surface area contributed by atoms with Crippen molar-refractivity contribution >= 4 is 32.8 Å². The zero-order chi connectivity index (χ0) is 28.7. The van der Waals surface area contributed by atoms with Gasteiger partial charge >= 0.3 is 0 Å². The van der Waals surface area contributed by atoms with Gasteiger partial charge in [-0.15, -0.1) is 0 Å². The van der Waals surface area contributed by atoms with Gasteiger partial charge in [-0.2, -0.15) is 0 Å². The van der Waals surface area contributed by atoms with Crippen molar-refractivity contribution in [2.45, 2.75) is 19.3 Å². The summed E-state index contributed by atoms with van der Waals surface area (Å²) < 4.78 is 4.70. The van der Waals surface area contributed by atoms with Gasteiger partial charge in [-0.05, 0) is 70.8 Å². The second-order valence-corrected chi connectivity index (χ2v) is 12.1. The van der Waals surface area contributed by atoms with Crippen molar-refractivity contribution in [1.82, 2.24) is 14.1 Å². The molecule has 6 aromatic carbocycles. The monoisotopic (exact) mass is 551 g/mol. The highest BCUT2D eigenvalue weighted by Crippen LogP contribution is 2.53. The molecule has 2 heterocycles. The van der Waals surface area contributed by atoms with Crippen LogP contribution < -0.4 is 0 Å². The fourth-order valence-corrected chi connectivity index (χ4v) is 7.37. The third-order valence-electron chi connectivity index (χ3n) is 9.32. The van der Waals surface area contributed by atoms with Crippen LogP contribution in [0.1, 0.15) is 25.0 Å². The molecule has 0 saturated heterocycles. The second-order valence-electron chi connectivity index (χ2n) is 12.1. The van der Waals surface area contributed by atoms with Gasteiger partial charge in [0.15, 0.2) is 0 Å². The average molecular weight is 552 g/mol. The molecule has 9 rings (SSSR count). The number of para-hydroxylation sites is 4. The summed E-state index contributed by atoms with van der Waals surface area (Å²) in [6, 6.07) is 50.2. The van der Waals surface area contributed by atoms with E-state index < -0.39 is 0 Å². The van der Waals surface area contributed by atoms with Crippen LogP contribution in [0, 0.1) is 0 Å². The Labute approximate surface area is 250 Å². The highest BCUT2D eigenvalue weighted by molar-refractivity contribution is 6.17. The van der Waals surface area contributed by atoms with Crippen LogP contribution in [-0.4, -0.2) is 14.1 Å². The third-order valence-corrected chi connectivity index (χ3v) is 9.32. The Morgan fingerprint density at radius 3 is 2.14 bits per heavy atom. The fraction of sp³-hybridized carbons (Fsp3) is 0.0750. The van der Waals surface area contributed by atoms with Crippen LogP contribution in [-0.2, 0) is 5.41 Å². The van der Waals surface area contributed by atoms with Crippen LogP contribution >= 0.6 is 0 Å². The minimum absolute atomic E-state index is 0.0419. The molecule has 0 N–H and O–H groups in total. The van der Waals surface area contributed by atoms with E-state index in [2.05, 4.69) is 163 Å². The first kappa shape index (κ1) is 24.2. The summed E-state index contributed by atoms with van der Waals surface area (Å²) in [4.78, 5) is 5.15. The Morgan fingerprint density at radius 1 is 0.535 bits per heavy atom. The lowest BCUT2D eigenvalue weighted by Gasteiger charge is -2.21. The van der Waals surface area contributed by atoms with Gasteiger partial charge in [0.1, 0.15) is 5.82 Å². The molecule has 3 heteroatoms. The van der Waals surface area contributed by atoms with E-state index in [1.54, 1.807) is 0 Å². The normalized spacial score (nSPS) is 13.5. The molecule has 1 aliphatic carbocycles. The summed E-state index contributed by atoms with van der Waals surface area (Å²) in [5.41, 5.74) is 13.3. The minimum Gasteiger partial charge on any atom is -0.309 e. The number of benzene rings is 6. The highest BCUT2D eigenvalue weighted by Gasteiger charge is 2.37. The molecular weight excluding hydrogens is 522 g/mol. The van der Waals surface area contributed by atoms with E-state index >= 15 is 0 Å². The third kappa shape index (κ3) is 3.33. The topological polar surface area (TPSA) is 22.8 Å². The van der Waals surface area contributed by atoms with Crippen LogP contribution in [0.5, 0.6) is 0 Å². The van der Waals surface area contributed by atoms with E-state index in [0.29, 0.717) is 0 Å². The number of hydrogen-bond donors (Lipinski definition) is 0. The molecule has 204 valence electrons. The van der Waals surface area contributed by atoms with Gasteiger partial charge in [0, 0.05) is 33.1 Å². The van der Waals surface area contributed by atoms with Crippen LogP contribution in [0.4, 0.5) is 0 Å². The molecule has 1 aliphatic rings.